The van der Waals surface area contributed by atoms with E-state index >= 15 is 0 Å². The molecule has 0 fully saturated rings. The van der Waals surface area contributed by atoms with E-state index in [9.17, 15) is 9.59 Å². The fourth-order valence-corrected chi connectivity index (χ4v) is 1.82. The van der Waals surface area contributed by atoms with E-state index in [1.54, 1.807) is 6.07 Å². The molecule has 0 aliphatic carbocycles. The van der Waals surface area contributed by atoms with Gasteiger partial charge in [0.25, 0.3) is 5.91 Å². The third kappa shape index (κ3) is 3.07. The summed E-state index contributed by atoms with van der Waals surface area (Å²) in [5.41, 5.74) is 6.92. The van der Waals surface area contributed by atoms with E-state index in [4.69, 9.17) is 22.4 Å². The summed E-state index contributed by atoms with van der Waals surface area (Å²) in [6.45, 7) is 0. The zero-order valence-corrected chi connectivity index (χ0v) is 11.0. The molecule has 0 bridgehead atoms. The third-order valence-corrected chi connectivity index (χ3v) is 2.88. The van der Waals surface area contributed by atoms with Crippen LogP contribution < -0.4 is 11.1 Å². The number of nitrogen functional groups attached to an aromatic ring is 1. The van der Waals surface area contributed by atoms with Gasteiger partial charge in [-0.3, -0.25) is 4.79 Å². The van der Waals surface area contributed by atoms with E-state index in [1.807, 2.05) is 0 Å². The van der Waals surface area contributed by atoms with Crippen LogP contribution in [0.3, 0.4) is 0 Å². The van der Waals surface area contributed by atoms with Gasteiger partial charge in [0, 0.05) is 16.4 Å². The topological polar surface area (TPSA) is 92.4 Å². The number of carbonyl (C=O) groups excluding carboxylic acids is 1. The Morgan fingerprint density at radius 2 is 1.75 bits per heavy atom. The van der Waals surface area contributed by atoms with Gasteiger partial charge in [-0.15, -0.1) is 0 Å². The SMILES string of the molecule is Nc1cc(Cl)ccc1C(=O)Nc1ccc(C(=O)O)cc1. The second kappa shape index (κ2) is 5.63. The minimum atomic E-state index is -1.02. The van der Waals surface area contributed by atoms with Crippen molar-refractivity contribution < 1.29 is 14.7 Å². The first-order chi connectivity index (χ1) is 9.47. The molecule has 0 aliphatic rings. The van der Waals surface area contributed by atoms with Gasteiger partial charge >= 0.3 is 5.97 Å². The number of carboxylic acids is 1. The highest BCUT2D eigenvalue weighted by molar-refractivity contribution is 6.31. The van der Waals surface area contributed by atoms with Gasteiger partial charge in [-0.2, -0.15) is 0 Å². The highest BCUT2D eigenvalue weighted by Gasteiger charge is 2.10. The first kappa shape index (κ1) is 13.9. The lowest BCUT2D eigenvalue weighted by atomic mass is 10.1. The highest BCUT2D eigenvalue weighted by atomic mass is 35.5. The molecule has 0 atom stereocenters. The predicted molar refractivity (Wildman–Crippen MR) is 77.2 cm³/mol. The molecule has 5 nitrogen and oxygen atoms in total. The van der Waals surface area contributed by atoms with Crippen LogP contribution in [0, 0.1) is 0 Å². The number of halogens is 1. The molecule has 0 aromatic heterocycles. The Morgan fingerprint density at radius 1 is 1.10 bits per heavy atom. The molecule has 0 unspecified atom stereocenters. The van der Waals surface area contributed by atoms with E-state index in [0.717, 1.165) is 0 Å². The zero-order valence-electron chi connectivity index (χ0n) is 10.3. The van der Waals surface area contributed by atoms with Crippen molar-refractivity contribution in [3.8, 4) is 0 Å². The molecule has 2 aromatic rings. The summed E-state index contributed by atoms with van der Waals surface area (Å²) in [6.07, 6.45) is 0. The lowest BCUT2D eigenvalue weighted by Gasteiger charge is -2.08. The van der Waals surface area contributed by atoms with Crippen LogP contribution in [0.25, 0.3) is 0 Å². The Bertz CT molecular complexity index is 669. The summed E-state index contributed by atoms with van der Waals surface area (Å²) in [5, 5.41) is 11.9. The Labute approximate surface area is 120 Å². The fourth-order valence-electron chi connectivity index (χ4n) is 1.63. The molecular formula is C14H11ClN2O3. The Balaban J connectivity index is 2.17. The van der Waals surface area contributed by atoms with Crippen molar-refractivity contribution in [3.63, 3.8) is 0 Å². The smallest absolute Gasteiger partial charge is 0.335 e. The largest absolute Gasteiger partial charge is 0.478 e. The van der Waals surface area contributed by atoms with Crippen LogP contribution >= 0.6 is 11.6 Å². The zero-order chi connectivity index (χ0) is 14.7. The maximum Gasteiger partial charge on any atom is 0.335 e. The average Bonchev–Trinajstić information content (AvgIpc) is 2.39. The molecule has 20 heavy (non-hydrogen) atoms. The normalized spacial score (nSPS) is 10.1. The van der Waals surface area contributed by atoms with Crippen molar-refractivity contribution in [2.75, 3.05) is 11.1 Å². The molecule has 102 valence electrons. The summed E-state index contributed by atoms with van der Waals surface area (Å²) >= 11 is 5.76. The third-order valence-electron chi connectivity index (χ3n) is 2.65. The first-order valence-corrected chi connectivity index (χ1v) is 6.05. The van der Waals surface area contributed by atoms with E-state index in [2.05, 4.69) is 5.32 Å². The lowest BCUT2D eigenvalue weighted by molar-refractivity contribution is 0.0696. The molecule has 1 amide bonds. The predicted octanol–water partition coefficient (Wildman–Crippen LogP) is 2.87. The van der Waals surface area contributed by atoms with E-state index in [-0.39, 0.29) is 17.2 Å². The number of amides is 1. The van der Waals surface area contributed by atoms with Gasteiger partial charge < -0.3 is 16.2 Å². The van der Waals surface area contributed by atoms with Crippen molar-refractivity contribution in [1.82, 2.24) is 0 Å². The van der Waals surface area contributed by atoms with Crippen LogP contribution in [-0.4, -0.2) is 17.0 Å². The molecule has 2 rings (SSSR count). The number of nitrogens with two attached hydrogens (primary N) is 1. The number of anilines is 2. The number of rotatable bonds is 3. The Kier molecular flexibility index (Phi) is 3.91. The van der Waals surface area contributed by atoms with Gasteiger partial charge in [0.1, 0.15) is 0 Å². The number of benzene rings is 2. The monoisotopic (exact) mass is 290 g/mol. The van der Waals surface area contributed by atoms with Crippen LogP contribution in [0.15, 0.2) is 42.5 Å². The molecule has 0 heterocycles. The Hall–Kier alpha value is -2.53. The molecule has 0 saturated carbocycles. The van der Waals surface area contributed by atoms with Crippen LogP contribution in [0.4, 0.5) is 11.4 Å². The number of hydrogen-bond acceptors (Lipinski definition) is 3. The van der Waals surface area contributed by atoms with Gasteiger partial charge in [0.05, 0.1) is 11.1 Å². The van der Waals surface area contributed by atoms with Crippen molar-refractivity contribution in [2.45, 2.75) is 0 Å². The van der Waals surface area contributed by atoms with E-state index in [1.165, 1.54) is 36.4 Å². The summed E-state index contributed by atoms with van der Waals surface area (Å²) in [6, 6.07) is 10.4. The molecule has 0 saturated heterocycles. The average molecular weight is 291 g/mol. The second-order valence-electron chi connectivity index (χ2n) is 4.07. The van der Waals surface area contributed by atoms with Crippen molar-refractivity contribution in [3.05, 3.63) is 58.6 Å². The van der Waals surface area contributed by atoms with Crippen molar-refractivity contribution in [2.24, 2.45) is 0 Å². The van der Waals surface area contributed by atoms with E-state index in [0.29, 0.717) is 16.3 Å². The molecular weight excluding hydrogens is 280 g/mol. The Morgan fingerprint density at radius 3 is 2.30 bits per heavy atom. The standard InChI is InChI=1S/C14H11ClN2O3/c15-9-3-6-11(12(16)7-9)13(18)17-10-4-1-8(2-5-10)14(19)20/h1-7H,16H2,(H,17,18)(H,19,20). The molecule has 6 heteroatoms. The number of hydrogen-bond donors (Lipinski definition) is 3. The number of nitrogens with one attached hydrogen (secondary N) is 1. The van der Waals surface area contributed by atoms with Crippen LogP contribution in [-0.2, 0) is 0 Å². The minimum Gasteiger partial charge on any atom is -0.478 e. The fraction of sp³-hybridized carbons (Fsp3) is 0. The van der Waals surface area contributed by atoms with Gasteiger partial charge in [0.15, 0.2) is 0 Å². The quantitative estimate of drug-likeness (QED) is 0.758. The minimum absolute atomic E-state index is 0.147. The van der Waals surface area contributed by atoms with Crippen molar-refractivity contribution >= 4 is 34.9 Å². The summed E-state index contributed by atoms with van der Waals surface area (Å²) in [5.74, 6) is -1.41. The van der Waals surface area contributed by atoms with Crippen molar-refractivity contribution in [1.29, 1.82) is 0 Å². The van der Waals surface area contributed by atoms with Crippen LogP contribution in [0.1, 0.15) is 20.7 Å². The van der Waals surface area contributed by atoms with Crippen LogP contribution in [0.2, 0.25) is 5.02 Å². The molecule has 0 aliphatic heterocycles. The van der Waals surface area contributed by atoms with Gasteiger partial charge in [-0.25, -0.2) is 4.79 Å². The number of carboxylic acid groups (broad SMARTS) is 1. The number of aromatic carboxylic acids is 1. The lowest BCUT2D eigenvalue weighted by Crippen LogP contribution is -2.14. The molecule has 0 spiro atoms. The van der Waals surface area contributed by atoms with Gasteiger partial charge in [0.2, 0.25) is 0 Å². The molecule has 2 aromatic carbocycles. The molecule has 0 radical (unpaired) electrons. The van der Waals surface area contributed by atoms with Gasteiger partial charge in [-0.1, -0.05) is 11.6 Å². The summed E-state index contributed by atoms with van der Waals surface area (Å²) in [4.78, 5) is 22.7. The van der Waals surface area contributed by atoms with Crippen LogP contribution in [0.5, 0.6) is 0 Å². The maximum absolute atomic E-state index is 12.0. The maximum atomic E-state index is 12.0. The highest BCUT2D eigenvalue weighted by Crippen LogP contribution is 2.19. The molecule has 4 N–H and O–H groups in total. The van der Waals surface area contributed by atoms with E-state index < -0.39 is 5.97 Å². The summed E-state index contributed by atoms with van der Waals surface area (Å²) in [7, 11) is 0. The number of carbonyl (C=O) groups is 2. The van der Waals surface area contributed by atoms with Gasteiger partial charge in [-0.05, 0) is 42.5 Å². The second-order valence-corrected chi connectivity index (χ2v) is 4.50. The summed E-state index contributed by atoms with van der Waals surface area (Å²) < 4.78 is 0. The first-order valence-electron chi connectivity index (χ1n) is 5.67.